The van der Waals surface area contributed by atoms with Crippen LogP contribution in [-0.4, -0.2) is 24.4 Å². The molecule has 0 saturated heterocycles. The molecule has 1 aliphatic carbocycles. The van der Waals surface area contributed by atoms with E-state index in [2.05, 4.69) is 5.32 Å². The number of hydrogen-bond donors (Lipinski definition) is 2. The molecule has 1 fully saturated rings. The molecule has 1 saturated carbocycles. The summed E-state index contributed by atoms with van der Waals surface area (Å²) in [4.78, 5) is 0. The number of halogens is 1. The minimum absolute atomic E-state index is 0.142. The normalized spacial score (nSPS) is 16.6. The lowest BCUT2D eigenvalue weighted by atomic mass is 10.2. The Morgan fingerprint density at radius 2 is 2.28 bits per heavy atom. The monoisotopic (exact) mass is 269 g/mol. The summed E-state index contributed by atoms with van der Waals surface area (Å²) < 4.78 is 5.74. The van der Waals surface area contributed by atoms with Crippen molar-refractivity contribution in [3.05, 3.63) is 28.8 Å². The van der Waals surface area contributed by atoms with Gasteiger partial charge in [0.2, 0.25) is 0 Å². The average molecular weight is 270 g/mol. The molecule has 1 aliphatic rings. The number of ether oxygens (including phenoxy) is 1. The van der Waals surface area contributed by atoms with Gasteiger partial charge >= 0.3 is 0 Å². The van der Waals surface area contributed by atoms with Gasteiger partial charge in [-0.25, -0.2) is 0 Å². The Hall–Kier alpha value is -0.770. The molecule has 0 spiro atoms. The molecular formula is C14H20ClNO2. The summed E-state index contributed by atoms with van der Waals surface area (Å²) in [5.74, 6) is 0.998. The number of aliphatic hydroxyl groups is 1. The van der Waals surface area contributed by atoms with Crippen LogP contribution in [0.4, 0.5) is 0 Å². The van der Waals surface area contributed by atoms with E-state index in [1.165, 1.54) is 12.8 Å². The van der Waals surface area contributed by atoms with Gasteiger partial charge in [-0.3, -0.25) is 0 Å². The lowest BCUT2D eigenvalue weighted by Crippen LogP contribution is -2.17. The van der Waals surface area contributed by atoms with Crippen molar-refractivity contribution in [1.29, 1.82) is 0 Å². The van der Waals surface area contributed by atoms with Gasteiger partial charge in [-0.1, -0.05) is 18.5 Å². The number of aliphatic hydroxyl groups excluding tert-OH is 1. The summed E-state index contributed by atoms with van der Waals surface area (Å²) in [5, 5.41) is 13.2. The van der Waals surface area contributed by atoms with Crippen LogP contribution in [0.5, 0.6) is 5.75 Å². The van der Waals surface area contributed by atoms with Crippen molar-refractivity contribution in [1.82, 2.24) is 5.32 Å². The third kappa shape index (κ3) is 4.16. The molecule has 0 amide bonds. The number of nitrogens with one attached hydrogen (secondary N) is 1. The van der Waals surface area contributed by atoms with Crippen LogP contribution < -0.4 is 10.1 Å². The highest BCUT2D eigenvalue weighted by Crippen LogP contribution is 2.25. The van der Waals surface area contributed by atoms with Crippen molar-refractivity contribution in [3.63, 3.8) is 0 Å². The van der Waals surface area contributed by atoms with Gasteiger partial charge in [-0.05, 0) is 31.0 Å². The van der Waals surface area contributed by atoms with Crippen molar-refractivity contribution in [3.8, 4) is 5.75 Å². The molecule has 100 valence electrons. The van der Waals surface area contributed by atoms with Gasteiger partial charge in [0.15, 0.2) is 0 Å². The first-order chi connectivity index (χ1) is 8.69. The Balaban J connectivity index is 1.97. The van der Waals surface area contributed by atoms with Gasteiger partial charge in [0.1, 0.15) is 5.75 Å². The Morgan fingerprint density at radius 1 is 1.50 bits per heavy atom. The fourth-order valence-electron chi connectivity index (χ4n) is 1.65. The summed E-state index contributed by atoms with van der Waals surface area (Å²) in [5.41, 5.74) is 1.08. The van der Waals surface area contributed by atoms with Crippen molar-refractivity contribution >= 4 is 11.6 Å². The minimum atomic E-state index is 0.142. The lowest BCUT2D eigenvalue weighted by Gasteiger charge is -2.15. The smallest absolute Gasteiger partial charge is 0.123 e. The molecule has 2 N–H and O–H groups in total. The van der Waals surface area contributed by atoms with E-state index in [1.807, 2.05) is 25.1 Å². The highest BCUT2D eigenvalue weighted by molar-refractivity contribution is 6.30. The second kappa shape index (κ2) is 6.41. The molecule has 1 atom stereocenters. The van der Waals surface area contributed by atoms with E-state index in [0.717, 1.165) is 22.9 Å². The maximum atomic E-state index is 9.00. The predicted octanol–water partition coefficient (Wildman–Crippen LogP) is 2.60. The summed E-state index contributed by atoms with van der Waals surface area (Å²) >= 11 is 6.01. The molecular weight excluding hydrogens is 250 g/mol. The van der Waals surface area contributed by atoms with E-state index in [4.69, 9.17) is 21.4 Å². The fourth-order valence-corrected chi connectivity index (χ4v) is 1.85. The van der Waals surface area contributed by atoms with Crippen molar-refractivity contribution in [2.75, 3.05) is 13.2 Å². The van der Waals surface area contributed by atoms with E-state index in [1.54, 1.807) is 0 Å². The summed E-state index contributed by atoms with van der Waals surface area (Å²) in [6.45, 7) is 3.41. The third-order valence-corrected chi connectivity index (χ3v) is 3.25. The van der Waals surface area contributed by atoms with Crippen LogP contribution in [0.25, 0.3) is 0 Å². The first-order valence-corrected chi connectivity index (χ1v) is 6.82. The third-order valence-electron chi connectivity index (χ3n) is 3.02. The van der Waals surface area contributed by atoms with Crippen LogP contribution in [0.3, 0.4) is 0 Å². The summed E-state index contributed by atoms with van der Waals surface area (Å²) in [6.07, 6.45) is 2.52. The highest BCUT2D eigenvalue weighted by Gasteiger charge is 2.20. The summed E-state index contributed by atoms with van der Waals surface area (Å²) in [7, 11) is 0. The molecule has 2 rings (SSSR count). The quantitative estimate of drug-likeness (QED) is 0.800. The average Bonchev–Trinajstić information content (AvgIpc) is 3.18. The van der Waals surface area contributed by atoms with Crippen LogP contribution in [0.1, 0.15) is 25.3 Å². The summed E-state index contributed by atoms with van der Waals surface area (Å²) in [6, 6.07) is 6.33. The Kier molecular flexibility index (Phi) is 4.87. The molecule has 1 aromatic rings. The largest absolute Gasteiger partial charge is 0.493 e. The van der Waals surface area contributed by atoms with Crippen molar-refractivity contribution in [2.45, 2.75) is 32.4 Å². The molecule has 3 nitrogen and oxygen atoms in total. The topological polar surface area (TPSA) is 41.5 Å². The highest BCUT2D eigenvalue weighted by atomic mass is 35.5. The van der Waals surface area contributed by atoms with Gasteiger partial charge in [-0.15, -0.1) is 0 Å². The zero-order valence-electron chi connectivity index (χ0n) is 10.7. The standard InChI is InChI=1S/C14H20ClNO2/c1-10(8-17)9-18-14-5-2-12(15)6-11(14)7-16-13-3-4-13/h2,5-6,10,13,16-17H,3-4,7-9H2,1H3. The number of rotatable bonds is 7. The molecule has 1 aromatic carbocycles. The van der Waals surface area contributed by atoms with E-state index >= 15 is 0 Å². The van der Waals surface area contributed by atoms with E-state index in [9.17, 15) is 0 Å². The maximum absolute atomic E-state index is 9.00. The maximum Gasteiger partial charge on any atom is 0.123 e. The second-order valence-electron chi connectivity index (χ2n) is 5.01. The fraction of sp³-hybridized carbons (Fsp3) is 0.571. The van der Waals surface area contributed by atoms with E-state index < -0.39 is 0 Å². The Bertz CT molecular complexity index is 393. The van der Waals surface area contributed by atoms with Crippen LogP contribution in [0.15, 0.2) is 18.2 Å². The molecule has 1 unspecified atom stereocenters. The van der Waals surface area contributed by atoms with Crippen LogP contribution >= 0.6 is 11.6 Å². The van der Waals surface area contributed by atoms with Gasteiger partial charge in [-0.2, -0.15) is 0 Å². The number of benzene rings is 1. The van der Waals surface area contributed by atoms with E-state index in [0.29, 0.717) is 12.6 Å². The zero-order chi connectivity index (χ0) is 13.0. The predicted molar refractivity (Wildman–Crippen MR) is 73.1 cm³/mol. The van der Waals surface area contributed by atoms with Gasteiger partial charge in [0.25, 0.3) is 0 Å². The zero-order valence-corrected chi connectivity index (χ0v) is 11.4. The molecule has 0 heterocycles. The van der Waals surface area contributed by atoms with Gasteiger partial charge < -0.3 is 15.2 Å². The van der Waals surface area contributed by atoms with Gasteiger partial charge in [0.05, 0.1) is 6.61 Å². The van der Waals surface area contributed by atoms with Crippen LogP contribution in [0, 0.1) is 5.92 Å². The number of hydrogen-bond acceptors (Lipinski definition) is 3. The molecule has 0 aliphatic heterocycles. The molecule has 18 heavy (non-hydrogen) atoms. The van der Waals surface area contributed by atoms with Gasteiger partial charge in [0, 0.05) is 35.7 Å². The SMILES string of the molecule is CC(CO)COc1ccc(Cl)cc1CNC1CC1. The van der Waals surface area contributed by atoms with Crippen LogP contribution in [0.2, 0.25) is 5.02 Å². The minimum Gasteiger partial charge on any atom is -0.493 e. The second-order valence-corrected chi connectivity index (χ2v) is 5.44. The molecule has 0 radical (unpaired) electrons. The molecule has 4 heteroatoms. The van der Waals surface area contributed by atoms with E-state index in [-0.39, 0.29) is 12.5 Å². The first kappa shape index (κ1) is 13.7. The molecule has 0 aromatic heterocycles. The van der Waals surface area contributed by atoms with Crippen molar-refractivity contribution in [2.24, 2.45) is 5.92 Å². The molecule has 0 bridgehead atoms. The lowest BCUT2D eigenvalue weighted by molar-refractivity contribution is 0.173. The Labute approximate surface area is 113 Å². The van der Waals surface area contributed by atoms with Crippen LogP contribution in [-0.2, 0) is 6.54 Å². The van der Waals surface area contributed by atoms with Crippen molar-refractivity contribution < 1.29 is 9.84 Å². The Morgan fingerprint density at radius 3 is 2.94 bits per heavy atom. The first-order valence-electron chi connectivity index (χ1n) is 6.44.